The van der Waals surface area contributed by atoms with E-state index < -0.39 is 6.10 Å². The lowest BCUT2D eigenvalue weighted by Gasteiger charge is -2.29. The van der Waals surface area contributed by atoms with E-state index in [1.54, 1.807) is 0 Å². The molecule has 3 heteroatoms. The Morgan fingerprint density at radius 2 is 1.63 bits per heavy atom. The van der Waals surface area contributed by atoms with Crippen LogP contribution in [-0.2, 0) is 17.6 Å². The molecule has 4 rings (SSSR count). The molecule has 0 bridgehead atoms. The maximum atomic E-state index is 10.7. The second-order valence-electron chi connectivity index (χ2n) is 7.09. The minimum absolute atomic E-state index is 0.159. The summed E-state index contributed by atoms with van der Waals surface area (Å²) in [5.41, 5.74) is 5.89. The van der Waals surface area contributed by atoms with Crippen molar-refractivity contribution in [3.8, 4) is 0 Å². The molecule has 1 aliphatic heterocycles. The van der Waals surface area contributed by atoms with Crippen LogP contribution in [0.3, 0.4) is 0 Å². The second-order valence-corrected chi connectivity index (χ2v) is 7.09. The van der Waals surface area contributed by atoms with E-state index >= 15 is 0 Å². The Kier molecular flexibility index (Phi) is 5.23. The highest BCUT2D eigenvalue weighted by Crippen LogP contribution is 2.35. The first-order valence-corrected chi connectivity index (χ1v) is 9.49. The molecule has 27 heavy (non-hydrogen) atoms. The lowest BCUT2D eigenvalue weighted by Crippen LogP contribution is -2.33. The summed E-state index contributed by atoms with van der Waals surface area (Å²) in [5.74, 6) is 0. The fourth-order valence-corrected chi connectivity index (χ4v) is 3.77. The van der Waals surface area contributed by atoms with E-state index in [4.69, 9.17) is 4.74 Å². The highest BCUT2D eigenvalue weighted by Gasteiger charge is 2.23. The van der Waals surface area contributed by atoms with Crippen molar-refractivity contribution in [2.75, 3.05) is 18.1 Å². The molecule has 3 nitrogen and oxygen atoms in total. The van der Waals surface area contributed by atoms with E-state index in [0.717, 1.165) is 18.4 Å². The molecule has 2 aromatic rings. The number of β-amino-alcohol motifs (C(OH)–C–C–N with tert-alkyl or cyclic N) is 1. The van der Waals surface area contributed by atoms with Gasteiger partial charge in [0.25, 0.3) is 0 Å². The summed E-state index contributed by atoms with van der Waals surface area (Å²) in [6.07, 6.45) is 9.07. The average molecular weight is 359 g/mol. The topological polar surface area (TPSA) is 32.7 Å². The standard InChI is InChI=1S/C24H25NO2/c1-18-8-2-7-13-24(18)27-17-21(26)16-25-22-11-5-3-9-19(22)14-15-20-10-4-6-12-23(20)25/h2-13,21,24,26H,1,14-17H2. The van der Waals surface area contributed by atoms with Crippen molar-refractivity contribution >= 4 is 11.4 Å². The molecular formula is C24H25NO2. The average Bonchev–Trinajstić information content (AvgIpc) is 2.85. The summed E-state index contributed by atoms with van der Waals surface area (Å²) in [5, 5.41) is 10.7. The third kappa shape index (κ3) is 3.90. The molecule has 2 atom stereocenters. The highest BCUT2D eigenvalue weighted by molar-refractivity contribution is 5.71. The number of allylic oxidation sites excluding steroid dienone is 2. The van der Waals surface area contributed by atoms with Gasteiger partial charge in [0.2, 0.25) is 0 Å². The molecule has 0 saturated carbocycles. The number of ether oxygens (including phenoxy) is 1. The first kappa shape index (κ1) is 17.8. The van der Waals surface area contributed by atoms with Crippen molar-refractivity contribution < 1.29 is 9.84 Å². The number of benzene rings is 2. The first-order valence-electron chi connectivity index (χ1n) is 9.49. The molecular weight excluding hydrogens is 334 g/mol. The van der Waals surface area contributed by atoms with Crippen molar-refractivity contribution in [3.05, 3.63) is 96.1 Å². The van der Waals surface area contributed by atoms with E-state index in [0.29, 0.717) is 6.54 Å². The maximum Gasteiger partial charge on any atom is 0.100 e. The molecule has 0 saturated heterocycles. The van der Waals surface area contributed by atoms with Crippen molar-refractivity contribution in [2.24, 2.45) is 0 Å². The van der Waals surface area contributed by atoms with Gasteiger partial charge in [-0.05, 0) is 41.7 Å². The van der Waals surface area contributed by atoms with Gasteiger partial charge in [-0.3, -0.25) is 0 Å². The lowest BCUT2D eigenvalue weighted by molar-refractivity contribution is 0.0275. The number of nitrogens with zero attached hydrogens (tertiary/aromatic N) is 1. The molecule has 0 fully saturated rings. The quantitative estimate of drug-likeness (QED) is 0.861. The van der Waals surface area contributed by atoms with Gasteiger partial charge in [-0.1, -0.05) is 67.3 Å². The van der Waals surface area contributed by atoms with E-state index in [-0.39, 0.29) is 12.7 Å². The van der Waals surface area contributed by atoms with Crippen LogP contribution in [0.4, 0.5) is 11.4 Å². The van der Waals surface area contributed by atoms with Gasteiger partial charge in [-0.2, -0.15) is 0 Å². The SMILES string of the molecule is C=C1C=CC=CC1OCC(O)CN1c2ccccc2CCc2ccccc21. The Labute approximate surface area is 160 Å². The zero-order chi connectivity index (χ0) is 18.6. The number of aliphatic hydroxyl groups excluding tert-OH is 1. The van der Waals surface area contributed by atoms with Crippen molar-refractivity contribution in [3.63, 3.8) is 0 Å². The van der Waals surface area contributed by atoms with Gasteiger partial charge in [0.05, 0.1) is 19.3 Å². The Morgan fingerprint density at radius 1 is 1.00 bits per heavy atom. The smallest absolute Gasteiger partial charge is 0.100 e. The predicted molar refractivity (Wildman–Crippen MR) is 110 cm³/mol. The minimum atomic E-state index is -0.601. The molecule has 2 aliphatic rings. The molecule has 0 spiro atoms. The van der Waals surface area contributed by atoms with Crippen LogP contribution in [0.1, 0.15) is 11.1 Å². The van der Waals surface area contributed by atoms with Gasteiger partial charge in [0, 0.05) is 11.4 Å². The fraction of sp³-hybridized carbons (Fsp3) is 0.250. The van der Waals surface area contributed by atoms with Crippen LogP contribution in [0.15, 0.2) is 85.0 Å². The minimum Gasteiger partial charge on any atom is -0.389 e. The summed E-state index contributed by atoms with van der Waals surface area (Å²) in [7, 11) is 0. The van der Waals surface area contributed by atoms with Gasteiger partial charge in [-0.15, -0.1) is 0 Å². The van der Waals surface area contributed by atoms with E-state index in [2.05, 4.69) is 60.0 Å². The van der Waals surface area contributed by atoms with Gasteiger partial charge < -0.3 is 14.7 Å². The fourth-order valence-electron chi connectivity index (χ4n) is 3.77. The lowest BCUT2D eigenvalue weighted by atomic mass is 10.0. The van der Waals surface area contributed by atoms with Gasteiger partial charge in [0.15, 0.2) is 0 Å². The van der Waals surface area contributed by atoms with E-state index in [1.807, 2.05) is 24.3 Å². The number of fused-ring (bicyclic) bond motifs is 2. The number of anilines is 2. The number of para-hydroxylation sites is 2. The van der Waals surface area contributed by atoms with Crippen molar-refractivity contribution in [1.82, 2.24) is 0 Å². The largest absolute Gasteiger partial charge is 0.389 e. The highest BCUT2D eigenvalue weighted by atomic mass is 16.5. The number of hydrogen-bond donors (Lipinski definition) is 1. The zero-order valence-electron chi connectivity index (χ0n) is 15.4. The Morgan fingerprint density at radius 3 is 2.26 bits per heavy atom. The zero-order valence-corrected chi connectivity index (χ0v) is 15.4. The molecule has 138 valence electrons. The Hall–Kier alpha value is -2.62. The maximum absolute atomic E-state index is 10.7. The van der Waals surface area contributed by atoms with Crippen LogP contribution in [0.5, 0.6) is 0 Å². The van der Waals surface area contributed by atoms with Crippen LogP contribution in [0.25, 0.3) is 0 Å². The molecule has 2 aromatic carbocycles. The molecule has 2 unspecified atom stereocenters. The molecule has 0 radical (unpaired) electrons. The van der Waals surface area contributed by atoms with Crippen LogP contribution in [0, 0.1) is 0 Å². The summed E-state index contributed by atoms with van der Waals surface area (Å²) < 4.78 is 5.89. The molecule has 1 heterocycles. The third-order valence-electron chi connectivity index (χ3n) is 5.16. The summed E-state index contributed by atoms with van der Waals surface area (Å²) in [6.45, 7) is 4.77. The monoisotopic (exact) mass is 359 g/mol. The summed E-state index contributed by atoms with van der Waals surface area (Å²) in [6, 6.07) is 16.9. The molecule has 1 aliphatic carbocycles. The van der Waals surface area contributed by atoms with Gasteiger partial charge in [-0.25, -0.2) is 0 Å². The Balaban J connectivity index is 1.53. The number of hydrogen-bond acceptors (Lipinski definition) is 3. The number of aryl methyl sites for hydroxylation is 2. The normalized spacial score (nSPS) is 19.4. The molecule has 0 amide bonds. The van der Waals surface area contributed by atoms with Gasteiger partial charge in [0.1, 0.15) is 6.10 Å². The van der Waals surface area contributed by atoms with Crippen LogP contribution >= 0.6 is 0 Å². The van der Waals surface area contributed by atoms with Crippen molar-refractivity contribution in [2.45, 2.75) is 25.0 Å². The number of aliphatic hydroxyl groups is 1. The number of rotatable bonds is 5. The Bertz CT molecular complexity index is 836. The van der Waals surface area contributed by atoms with Crippen LogP contribution in [-0.4, -0.2) is 30.5 Å². The third-order valence-corrected chi connectivity index (χ3v) is 5.16. The molecule has 0 aromatic heterocycles. The van der Waals surface area contributed by atoms with Gasteiger partial charge >= 0.3 is 0 Å². The van der Waals surface area contributed by atoms with E-state index in [1.165, 1.54) is 22.5 Å². The first-order chi connectivity index (χ1) is 13.2. The second kappa shape index (κ2) is 7.95. The summed E-state index contributed by atoms with van der Waals surface area (Å²) in [4.78, 5) is 2.23. The van der Waals surface area contributed by atoms with E-state index in [9.17, 15) is 5.11 Å². The van der Waals surface area contributed by atoms with Crippen LogP contribution < -0.4 is 4.90 Å². The summed E-state index contributed by atoms with van der Waals surface area (Å²) >= 11 is 0. The van der Waals surface area contributed by atoms with Crippen LogP contribution in [0.2, 0.25) is 0 Å². The predicted octanol–water partition coefficient (Wildman–Crippen LogP) is 4.35. The van der Waals surface area contributed by atoms with Crippen molar-refractivity contribution in [1.29, 1.82) is 0 Å². The molecule has 1 N–H and O–H groups in total.